The SMILES string of the molecule is COc1ccc(-n2nc(CNC(=O)Cc3cccc[n+]3[O-])c3c2C(=O)N(c2ccc(N4CCCCC4=O)cc2)CC3)cc1. The number of carbonyl (C=O) groups is 3. The molecule has 1 saturated heterocycles. The summed E-state index contributed by atoms with van der Waals surface area (Å²) in [6.07, 6.45) is 4.26. The van der Waals surface area contributed by atoms with Crippen molar-refractivity contribution in [2.45, 2.75) is 38.6 Å². The van der Waals surface area contributed by atoms with Crippen LogP contribution in [-0.2, 0) is 29.0 Å². The molecule has 2 aromatic carbocycles. The predicted molar refractivity (Wildman–Crippen MR) is 159 cm³/mol. The first-order valence-electron chi connectivity index (χ1n) is 14.3. The van der Waals surface area contributed by atoms with Gasteiger partial charge in [0.1, 0.15) is 17.9 Å². The zero-order chi connectivity index (χ0) is 29.9. The number of hydrogen-bond donors (Lipinski definition) is 1. The van der Waals surface area contributed by atoms with Crippen molar-refractivity contribution in [3.05, 3.63) is 101 Å². The van der Waals surface area contributed by atoms with Gasteiger partial charge >= 0.3 is 0 Å². The van der Waals surface area contributed by atoms with Gasteiger partial charge < -0.3 is 25.1 Å². The van der Waals surface area contributed by atoms with Crippen LogP contribution < -0.4 is 24.6 Å². The van der Waals surface area contributed by atoms with E-state index in [9.17, 15) is 19.6 Å². The Kier molecular flexibility index (Phi) is 7.78. The number of piperidine rings is 1. The maximum absolute atomic E-state index is 14.1. The quantitative estimate of drug-likeness (QED) is 0.252. The molecule has 11 heteroatoms. The summed E-state index contributed by atoms with van der Waals surface area (Å²) in [5.41, 5.74) is 4.37. The van der Waals surface area contributed by atoms with E-state index in [0.717, 1.165) is 29.8 Å². The van der Waals surface area contributed by atoms with Gasteiger partial charge in [-0.25, -0.2) is 4.68 Å². The van der Waals surface area contributed by atoms with Crippen LogP contribution in [0.4, 0.5) is 11.4 Å². The van der Waals surface area contributed by atoms with E-state index in [4.69, 9.17) is 9.84 Å². The lowest BCUT2D eigenvalue weighted by atomic mass is 10.0. The third-order valence-corrected chi connectivity index (χ3v) is 7.91. The van der Waals surface area contributed by atoms with E-state index < -0.39 is 0 Å². The lowest BCUT2D eigenvalue weighted by Crippen LogP contribution is -2.39. The van der Waals surface area contributed by atoms with Crippen molar-refractivity contribution in [2.75, 3.05) is 30.0 Å². The third kappa shape index (κ3) is 5.66. The molecule has 43 heavy (non-hydrogen) atoms. The Bertz CT molecular complexity index is 1660. The second-order valence-electron chi connectivity index (χ2n) is 10.6. The van der Waals surface area contributed by atoms with Gasteiger partial charge in [-0.3, -0.25) is 14.4 Å². The number of anilines is 2. The molecule has 1 N–H and O–H groups in total. The van der Waals surface area contributed by atoms with Gasteiger partial charge in [-0.1, -0.05) is 0 Å². The Morgan fingerprint density at radius 3 is 2.35 bits per heavy atom. The molecule has 2 aliphatic rings. The number of ether oxygens (including phenoxy) is 1. The lowest BCUT2D eigenvalue weighted by molar-refractivity contribution is -0.613. The van der Waals surface area contributed by atoms with E-state index in [-0.39, 0.29) is 30.7 Å². The van der Waals surface area contributed by atoms with Crippen molar-refractivity contribution in [2.24, 2.45) is 0 Å². The zero-order valence-corrected chi connectivity index (χ0v) is 23.9. The van der Waals surface area contributed by atoms with Crippen LogP contribution in [0.2, 0.25) is 0 Å². The molecule has 0 unspecified atom stereocenters. The summed E-state index contributed by atoms with van der Waals surface area (Å²) in [7, 11) is 1.59. The molecule has 0 saturated carbocycles. The molecule has 220 valence electrons. The molecule has 2 aliphatic heterocycles. The first kappa shape index (κ1) is 28.0. The highest BCUT2D eigenvalue weighted by Gasteiger charge is 2.33. The van der Waals surface area contributed by atoms with E-state index in [2.05, 4.69) is 5.32 Å². The van der Waals surface area contributed by atoms with E-state index >= 15 is 0 Å². The van der Waals surface area contributed by atoms with E-state index in [0.29, 0.717) is 59.2 Å². The third-order valence-electron chi connectivity index (χ3n) is 7.91. The molecule has 0 radical (unpaired) electrons. The summed E-state index contributed by atoms with van der Waals surface area (Å²) in [5, 5.41) is 19.6. The Hall–Kier alpha value is -5.19. The van der Waals surface area contributed by atoms with Gasteiger partial charge in [0, 0.05) is 48.6 Å². The van der Waals surface area contributed by atoms with Gasteiger partial charge in [0.25, 0.3) is 5.91 Å². The monoisotopic (exact) mass is 580 g/mol. The Balaban J connectivity index is 1.27. The number of nitrogens with one attached hydrogen (secondary N) is 1. The summed E-state index contributed by atoms with van der Waals surface area (Å²) in [5.74, 6) is 0.269. The number of hydrogen-bond acceptors (Lipinski definition) is 6. The second kappa shape index (κ2) is 12.0. The number of amides is 3. The minimum atomic E-state index is -0.320. The highest BCUT2D eigenvalue weighted by molar-refractivity contribution is 6.08. The van der Waals surface area contributed by atoms with E-state index in [1.54, 1.807) is 51.9 Å². The van der Waals surface area contributed by atoms with Crippen LogP contribution in [0.15, 0.2) is 72.9 Å². The molecule has 4 heterocycles. The molecular weight excluding hydrogens is 548 g/mol. The second-order valence-corrected chi connectivity index (χ2v) is 10.6. The summed E-state index contributed by atoms with van der Waals surface area (Å²) < 4.78 is 7.59. The maximum Gasteiger partial charge on any atom is 0.277 e. The number of carbonyl (C=O) groups excluding carboxylic acids is 3. The molecule has 3 amide bonds. The Labute approximate surface area is 248 Å². The van der Waals surface area contributed by atoms with Crippen molar-refractivity contribution in [3.8, 4) is 11.4 Å². The number of aromatic nitrogens is 3. The summed E-state index contributed by atoms with van der Waals surface area (Å²) in [4.78, 5) is 42.7. The van der Waals surface area contributed by atoms with Crippen molar-refractivity contribution >= 4 is 29.1 Å². The van der Waals surface area contributed by atoms with Gasteiger partial charge in [0.2, 0.25) is 17.5 Å². The molecule has 0 atom stereocenters. The molecule has 4 aromatic rings. The van der Waals surface area contributed by atoms with E-state index in [1.807, 2.05) is 36.4 Å². The maximum atomic E-state index is 14.1. The smallest absolute Gasteiger partial charge is 0.277 e. The van der Waals surface area contributed by atoms with Crippen molar-refractivity contribution in [1.82, 2.24) is 15.1 Å². The Morgan fingerprint density at radius 2 is 1.65 bits per heavy atom. The van der Waals surface area contributed by atoms with Crippen LogP contribution in [0.3, 0.4) is 0 Å². The molecule has 0 bridgehead atoms. The first-order valence-corrected chi connectivity index (χ1v) is 14.3. The fourth-order valence-electron chi connectivity index (χ4n) is 5.63. The highest BCUT2D eigenvalue weighted by Crippen LogP contribution is 2.31. The minimum absolute atomic E-state index is 0.0720. The van der Waals surface area contributed by atoms with Crippen LogP contribution in [-0.4, -0.2) is 47.7 Å². The fraction of sp³-hybridized carbons (Fsp3) is 0.281. The highest BCUT2D eigenvalue weighted by atomic mass is 16.5. The largest absolute Gasteiger partial charge is 0.618 e. The van der Waals surface area contributed by atoms with Crippen LogP contribution in [0.1, 0.15) is 46.7 Å². The number of rotatable bonds is 8. The molecule has 11 nitrogen and oxygen atoms in total. The summed E-state index contributed by atoms with van der Waals surface area (Å²) >= 11 is 0. The average molecular weight is 581 g/mol. The van der Waals surface area contributed by atoms with Gasteiger partial charge in [0.05, 0.1) is 25.0 Å². The molecular formula is C32H32N6O5. The van der Waals surface area contributed by atoms with Crippen LogP contribution in [0.5, 0.6) is 5.75 Å². The number of pyridine rings is 1. The van der Waals surface area contributed by atoms with E-state index in [1.165, 1.54) is 6.20 Å². The van der Waals surface area contributed by atoms with Crippen LogP contribution in [0, 0.1) is 5.21 Å². The molecule has 6 rings (SSSR count). The number of benzene rings is 2. The van der Waals surface area contributed by atoms with Gasteiger partial charge in [-0.2, -0.15) is 9.83 Å². The zero-order valence-electron chi connectivity index (χ0n) is 23.9. The molecule has 2 aromatic heterocycles. The van der Waals surface area contributed by atoms with Crippen molar-refractivity contribution < 1.29 is 23.9 Å². The number of methoxy groups -OCH3 is 1. The lowest BCUT2D eigenvalue weighted by Gasteiger charge is -2.30. The van der Waals surface area contributed by atoms with Crippen LogP contribution in [0.25, 0.3) is 5.69 Å². The topological polar surface area (TPSA) is 124 Å². The summed E-state index contributed by atoms with van der Waals surface area (Å²) in [6.45, 7) is 1.25. The average Bonchev–Trinajstić information content (AvgIpc) is 3.41. The standard InChI is InChI=1S/C32H32N6O5/c1-43-26-14-12-24(13-15-26)38-31-27(28(34-38)21-33-29(39)20-25-6-2-5-18-37(25)42)16-19-36(32(31)41)23-10-8-22(9-11-23)35-17-4-3-7-30(35)40/h2,5-6,8-15,18H,3-4,7,16-17,19-21H2,1H3,(H,33,39). The fourth-order valence-corrected chi connectivity index (χ4v) is 5.63. The van der Waals surface area contributed by atoms with Crippen molar-refractivity contribution in [3.63, 3.8) is 0 Å². The molecule has 0 aliphatic carbocycles. The number of nitrogens with zero attached hydrogens (tertiary/aromatic N) is 5. The van der Waals surface area contributed by atoms with Gasteiger partial charge in [0.15, 0.2) is 6.20 Å². The van der Waals surface area contributed by atoms with Crippen LogP contribution >= 0.6 is 0 Å². The Morgan fingerprint density at radius 1 is 0.930 bits per heavy atom. The predicted octanol–water partition coefficient (Wildman–Crippen LogP) is 3.09. The number of fused-ring (bicyclic) bond motifs is 1. The van der Waals surface area contributed by atoms with Gasteiger partial charge in [-0.05, 0) is 73.9 Å². The first-order chi connectivity index (χ1) is 20.9. The normalized spacial score (nSPS) is 14.9. The molecule has 0 spiro atoms. The molecule has 1 fully saturated rings. The summed E-state index contributed by atoms with van der Waals surface area (Å²) in [6, 6.07) is 19.7. The minimum Gasteiger partial charge on any atom is -0.618 e. The van der Waals surface area contributed by atoms with Crippen molar-refractivity contribution in [1.29, 1.82) is 0 Å². The van der Waals surface area contributed by atoms with Gasteiger partial charge in [-0.15, -0.1) is 0 Å².